The van der Waals surface area contributed by atoms with Crippen LogP contribution in [0.3, 0.4) is 0 Å². The normalized spacial score (nSPS) is 26.4. The van der Waals surface area contributed by atoms with E-state index in [1.165, 1.54) is 68.7 Å². The van der Waals surface area contributed by atoms with Crippen LogP contribution in [-0.4, -0.2) is 203 Å². The molecule has 22 nitrogen and oxygen atoms in total. The maximum Gasteiger partial charge on any atom is 0.262 e. The van der Waals surface area contributed by atoms with Gasteiger partial charge in [-0.15, -0.1) is 0 Å². The fourth-order valence-corrected chi connectivity index (χ4v) is 9.83. The van der Waals surface area contributed by atoms with Crippen molar-refractivity contribution >= 4 is 59.1 Å². The number of rotatable bonds is 9. The zero-order valence-corrected chi connectivity index (χ0v) is 47.8. The van der Waals surface area contributed by atoms with Crippen molar-refractivity contribution in [2.45, 2.75) is 148 Å². The molecule has 0 radical (unpaired) electrons. The summed E-state index contributed by atoms with van der Waals surface area (Å²) in [7, 11) is 7.01. The van der Waals surface area contributed by atoms with Crippen molar-refractivity contribution in [2.24, 2.45) is 17.8 Å². The molecule has 430 valence electrons. The summed E-state index contributed by atoms with van der Waals surface area (Å²) in [6.07, 6.45) is 0.427. The number of benzene rings is 2. The lowest BCUT2D eigenvalue weighted by Crippen LogP contribution is -2.66. The fourth-order valence-electron chi connectivity index (χ4n) is 9.83. The molecule has 2 aliphatic heterocycles. The SMILES string of the molecule is CC(C)CC1NC(=O)C(Cc2ccccc2)N(C)C(=O)C(C)NC(=O)[C@@H](C(C)C)N(C)C(=O)CCNC(=O)C(C)N(C)C(=O)C(C(C)C)NC(=O)[C@@H](Cc2ccccc2)N(C)C(=O)C2CCCNN2C(=O)C(CO)N(C)C1=O. The third kappa shape index (κ3) is 16.3. The Balaban J connectivity index is 1.82. The second kappa shape index (κ2) is 29.2. The molecule has 2 aromatic carbocycles. The van der Waals surface area contributed by atoms with Crippen molar-refractivity contribution in [1.82, 2.24) is 56.2 Å². The first-order chi connectivity index (χ1) is 36.7. The lowest BCUT2D eigenvalue weighted by molar-refractivity contribution is -0.160. The van der Waals surface area contributed by atoms with Crippen molar-refractivity contribution in [1.29, 1.82) is 0 Å². The molecule has 2 aliphatic rings. The standard InChI is InChI=1S/C56H85N11O11/c1-33(2)29-40-53(75)65(12)44(32-68)55(77)67-41(25-20-27-58-67)54(76)64(11)43(31-39-23-18-15-19-24-39)50(72)61-46(34(3)4)56(78)62(9)37(8)48(70)57-28-26-45(69)66(13)47(35(5)6)51(73)59-36(7)52(74)63(10)42(49(71)60-40)30-38-21-16-14-17-22-38/h14-19,21-24,33-37,40-44,46-47,58,68H,20,25-32H2,1-13H3,(H,57,70)(H,59,73)(H,60,71)(H,61,72)/t36?,37?,40?,41?,42?,43-,44?,46?,47-/m1/s1. The number of amides is 10. The first-order valence-corrected chi connectivity index (χ1v) is 27.0. The van der Waals surface area contributed by atoms with Crippen molar-refractivity contribution in [3.05, 3.63) is 71.8 Å². The Labute approximate surface area is 459 Å². The van der Waals surface area contributed by atoms with E-state index >= 15 is 0 Å². The highest BCUT2D eigenvalue weighted by Gasteiger charge is 2.44. The summed E-state index contributed by atoms with van der Waals surface area (Å²) in [5.41, 5.74) is 4.35. The van der Waals surface area contributed by atoms with Gasteiger partial charge in [0.15, 0.2) is 0 Å². The topological polar surface area (TPSA) is 271 Å². The number of nitrogens with zero attached hydrogens (tertiary/aromatic N) is 6. The summed E-state index contributed by atoms with van der Waals surface area (Å²) >= 11 is 0. The smallest absolute Gasteiger partial charge is 0.262 e. The van der Waals surface area contributed by atoms with Gasteiger partial charge in [-0.25, -0.2) is 5.43 Å². The lowest BCUT2D eigenvalue weighted by atomic mass is 9.98. The zero-order chi connectivity index (χ0) is 58.3. The van der Waals surface area contributed by atoms with Crippen molar-refractivity contribution < 1.29 is 53.1 Å². The molecule has 0 spiro atoms. The molecular weight excluding hydrogens is 1000 g/mol. The average Bonchev–Trinajstić information content (AvgIpc) is 3.43. The van der Waals surface area contributed by atoms with E-state index in [2.05, 4.69) is 26.7 Å². The Morgan fingerprint density at radius 2 is 1.08 bits per heavy atom. The van der Waals surface area contributed by atoms with Crippen LogP contribution in [0.25, 0.3) is 0 Å². The van der Waals surface area contributed by atoms with E-state index in [0.717, 1.165) is 9.91 Å². The molecule has 0 saturated carbocycles. The number of hydrazine groups is 1. The maximum absolute atomic E-state index is 14.9. The van der Waals surface area contributed by atoms with Gasteiger partial charge in [0, 0.05) is 67.6 Å². The van der Waals surface area contributed by atoms with Gasteiger partial charge in [0.1, 0.15) is 54.4 Å². The highest BCUT2D eigenvalue weighted by Crippen LogP contribution is 2.22. The molecule has 6 N–H and O–H groups in total. The molecule has 78 heavy (non-hydrogen) atoms. The van der Waals surface area contributed by atoms with E-state index in [-0.39, 0.29) is 51.1 Å². The first kappa shape index (κ1) is 63.6. The van der Waals surface area contributed by atoms with Crippen molar-refractivity contribution in [3.63, 3.8) is 0 Å². The van der Waals surface area contributed by atoms with Gasteiger partial charge in [-0.1, -0.05) is 102 Å². The predicted octanol–water partition coefficient (Wildman–Crippen LogP) is 0.467. The predicted molar refractivity (Wildman–Crippen MR) is 292 cm³/mol. The Hall–Kier alpha value is -6.94. The fraction of sp³-hybridized carbons (Fsp3) is 0.607. The van der Waals surface area contributed by atoms with Crippen LogP contribution in [-0.2, 0) is 60.8 Å². The molecule has 0 aliphatic carbocycles. The second-order valence-electron chi connectivity index (χ2n) is 21.7. The minimum absolute atomic E-state index is 0.00179. The van der Waals surface area contributed by atoms with Crippen LogP contribution < -0.4 is 26.7 Å². The third-order valence-corrected chi connectivity index (χ3v) is 14.8. The van der Waals surface area contributed by atoms with E-state index in [0.29, 0.717) is 17.5 Å². The van der Waals surface area contributed by atoms with E-state index < -0.39 is 132 Å². The number of fused-ring (bicyclic) bond motifs is 1. The number of likely N-dealkylation sites (N-methyl/N-ethyl adjacent to an activating group) is 5. The summed E-state index contributed by atoms with van der Waals surface area (Å²) in [6, 6.07) is 6.73. The van der Waals surface area contributed by atoms with E-state index in [9.17, 15) is 53.1 Å². The number of aliphatic hydroxyl groups is 1. The molecule has 9 atom stereocenters. The van der Waals surface area contributed by atoms with Crippen LogP contribution in [0, 0.1) is 17.8 Å². The minimum atomic E-state index is -1.57. The highest BCUT2D eigenvalue weighted by atomic mass is 16.3. The van der Waals surface area contributed by atoms with E-state index in [1.807, 2.05) is 13.8 Å². The summed E-state index contributed by atoms with van der Waals surface area (Å²) in [5, 5.41) is 23.1. The van der Waals surface area contributed by atoms with Gasteiger partial charge in [0.25, 0.3) is 5.91 Å². The second-order valence-corrected chi connectivity index (χ2v) is 21.7. The first-order valence-electron chi connectivity index (χ1n) is 27.0. The summed E-state index contributed by atoms with van der Waals surface area (Å²) in [6.45, 7) is 12.7. The lowest BCUT2D eigenvalue weighted by Gasteiger charge is -2.41. The Morgan fingerprint density at radius 3 is 1.59 bits per heavy atom. The van der Waals surface area contributed by atoms with Crippen LogP contribution in [0.1, 0.15) is 92.2 Å². The van der Waals surface area contributed by atoms with Gasteiger partial charge >= 0.3 is 0 Å². The number of aliphatic hydroxyl groups excluding tert-OH is 1. The van der Waals surface area contributed by atoms with Gasteiger partial charge in [-0.05, 0) is 62.0 Å². The number of hydrogen-bond acceptors (Lipinski definition) is 12. The number of carbonyl (C=O) groups is 10. The Bertz CT molecular complexity index is 2430. The van der Waals surface area contributed by atoms with Gasteiger partial charge < -0.3 is 50.9 Å². The zero-order valence-electron chi connectivity index (χ0n) is 47.8. The molecule has 0 aromatic heterocycles. The molecule has 2 aromatic rings. The number of nitrogens with one attached hydrogen (secondary N) is 5. The summed E-state index contributed by atoms with van der Waals surface area (Å²) < 4.78 is 0. The minimum Gasteiger partial charge on any atom is -0.394 e. The molecule has 10 amide bonds. The molecule has 7 unspecified atom stereocenters. The summed E-state index contributed by atoms with van der Waals surface area (Å²) in [5.74, 6) is -7.77. The quantitative estimate of drug-likeness (QED) is 0.200. The molecule has 4 rings (SSSR count). The van der Waals surface area contributed by atoms with Crippen LogP contribution in [0.15, 0.2) is 60.7 Å². The molecule has 2 heterocycles. The van der Waals surface area contributed by atoms with Gasteiger partial charge in [-0.2, -0.15) is 0 Å². The molecule has 2 saturated heterocycles. The molecular formula is C56H85N11O11. The van der Waals surface area contributed by atoms with Gasteiger partial charge in [0.2, 0.25) is 53.2 Å². The molecule has 0 bridgehead atoms. The van der Waals surface area contributed by atoms with E-state index in [1.54, 1.807) is 88.4 Å². The van der Waals surface area contributed by atoms with Crippen LogP contribution in [0.5, 0.6) is 0 Å². The van der Waals surface area contributed by atoms with E-state index in [4.69, 9.17) is 0 Å². The third-order valence-electron chi connectivity index (χ3n) is 14.8. The molecule has 22 heteroatoms. The van der Waals surface area contributed by atoms with Gasteiger partial charge in [0.05, 0.1) is 6.61 Å². The number of hydrogen-bond donors (Lipinski definition) is 6. The van der Waals surface area contributed by atoms with Crippen molar-refractivity contribution in [2.75, 3.05) is 54.9 Å². The maximum atomic E-state index is 14.9. The van der Waals surface area contributed by atoms with Crippen molar-refractivity contribution in [3.8, 4) is 0 Å². The van der Waals surface area contributed by atoms with Crippen LogP contribution in [0.2, 0.25) is 0 Å². The average molecular weight is 1090 g/mol. The molecule has 2 fully saturated rings. The summed E-state index contributed by atoms with van der Waals surface area (Å²) in [4.78, 5) is 149. The Kier molecular flexibility index (Phi) is 23.8. The largest absolute Gasteiger partial charge is 0.394 e. The van der Waals surface area contributed by atoms with Crippen LogP contribution >= 0.6 is 0 Å². The monoisotopic (exact) mass is 1090 g/mol. The Morgan fingerprint density at radius 1 is 0.551 bits per heavy atom. The van der Waals surface area contributed by atoms with Crippen LogP contribution in [0.4, 0.5) is 0 Å². The highest BCUT2D eigenvalue weighted by molar-refractivity contribution is 5.99. The number of carbonyl (C=O) groups excluding carboxylic acids is 10. The van der Waals surface area contributed by atoms with Gasteiger partial charge in [-0.3, -0.25) is 53.0 Å².